The number of ether oxygens (including phenoxy) is 3. The number of fused-ring (bicyclic) bond motifs is 6. The van der Waals surface area contributed by atoms with Crippen molar-refractivity contribution in [3.8, 4) is 0 Å². The van der Waals surface area contributed by atoms with E-state index < -0.39 is 59.0 Å². The normalized spacial score (nSPS) is 17.1. The first-order chi connectivity index (χ1) is 63.9. The Morgan fingerprint density at radius 2 is 0.402 bits per heavy atom. The van der Waals surface area contributed by atoms with Gasteiger partial charge >= 0.3 is 0 Å². The van der Waals surface area contributed by atoms with Gasteiger partial charge in [-0.3, -0.25) is 86.9 Å². The zero-order chi connectivity index (χ0) is 91.8. The molecule has 0 N–H and O–H groups in total. The number of benzene rings is 15. The molecule has 0 fully saturated rings. The van der Waals surface area contributed by atoms with Gasteiger partial charge < -0.3 is 14.2 Å². The van der Waals surface area contributed by atoms with E-state index in [9.17, 15) is 28.8 Å². The Hall–Kier alpha value is -13.1. The lowest BCUT2D eigenvalue weighted by molar-refractivity contribution is -0.0841. The fraction of sp³-hybridized carbons (Fsp3) is 0.351. The van der Waals surface area contributed by atoms with Gasteiger partial charge in [0.2, 0.25) is 0 Å². The van der Waals surface area contributed by atoms with Gasteiger partial charge in [0.25, 0.3) is 70.9 Å². The summed E-state index contributed by atoms with van der Waals surface area (Å²) in [5.74, 6) is -4.49. The fourth-order valence-electron chi connectivity index (χ4n) is 23.2. The van der Waals surface area contributed by atoms with E-state index in [-0.39, 0.29) is 92.8 Å². The Morgan fingerprint density at radius 1 is 0.235 bits per heavy atom. The molecule has 0 spiro atoms. The van der Waals surface area contributed by atoms with Crippen molar-refractivity contribution in [3.05, 3.63) is 212 Å². The topological polar surface area (TPSA) is 252 Å². The lowest BCUT2D eigenvalue weighted by Gasteiger charge is -2.37. The number of imide groups is 6. The molecule has 0 bridgehead atoms. The second-order valence-electron chi connectivity index (χ2n) is 38.2. The summed E-state index contributed by atoms with van der Waals surface area (Å²) in [6.45, 7) is 20.3. The van der Waals surface area contributed by atoms with E-state index in [0.717, 1.165) is 174 Å². The first-order valence-corrected chi connectivity index (χ1v) is 47.5. The lowest BCUT2D eigenvalue weighted by Crippen LogP contribution is -2.49. The number of carbonyl (C=O) groups is 12. The van der Waals surface area contributed by atoms with Gasteiger partial charge in [-0.2, -0.15) is 0 Å². The van der Waals surface area contributed by atoms with Gasteiger partial charge in [-0.25, -0.2) is 0 Å². The summed E-state index contributed by atoms with van der Waals surface area (Å²) in [6.07, 6.45) is 11.7. The van der Waals surface area contributed by atoms with E-state index in [2.05, 4.69) is 41.5 Å². The molecule has 15 aromatic carbocycles. The van der Waals surface area contributed by atoms with E-state index in [1.807, 2.05) is 79.7 Å². The third-order valence-electron chi connectivity index (χ3n) is 30.6. The Labute approximate surface area is 762 Å². The first kappa shape index (κ1) is 85.7. The standard InChI is InChI=1S/C111H104N6O15/c1-11-18-21-60(14-4)48-112-99(118)75-36-24-63-69-30-42-81-96-82(43-31-70(90(69)96)64-25-37-76(100(112)119)93(75)87(63)64)106(125)115(105(81)124)57(8)51-130-54-111(17-7,55-131-52-58(9)116-107(126)83-44-32-71-65-26-38-77-94-78(102(121)113(101(77)120)49-61(15-5)22-19-12-2)39-27-66(88(65)94)72-33-45-84(108(116)127)97(83)91(71)72)56-132-53-59(10)117-109(128)85-46-34-73-67-28-40-79-95-80(104(123)114(103(79)122)50-62(16-6)23-20-13-3)41-29-68(89(67)95)74-35-47-86(110(117)129)98(85)92(73)74/h24-47,57-62H,11-23,48-56H2,1-10H3. The number of amides is 12. The van der Waals surface area contributed by atoms with Crippen LogP contribution in [0.4, 0.5) is 0 Å². The van der Waals surface area contributed by atoms with Crippen LogP contribution in [0.25, 0.3) is 129 Å². The Balaban J connectivity index is 0.556. The van der Waals surface area contributed by atoms with E-state index in [0.29, 0.717) is 125 Å². The van der Waals surface area contributed by atoms with Crippen LogP contribution in [0.3, 0.4) is 0 Å². The zero-order valence-electron chi connectivity index (χ0n) is 76.2. The fourth-order valence-corrected chi connectivity index (χ4v) is 23.2. The second kappa shape index (κ2) is 32.7. The van der Waals surface area contributed by atoms with Crippen molar-refractivity contribution < 1.29 is 71.7 Å². The Bertz CT molecular complexity index is 6550. The zero-order valence-corrected chi connectivity index (χ0v) is 76.2. The lowest BCUT2D eigenvalue weighted by atomic mass is 9.82. The molecule has 6 aliphatic rings. The highest BCUT2D eigenvalue weighted by Gasteiger charge is 2.46. The van der Waals surface area contributed by atoms with Crippen molar-refractivity contribution in [2.24, 2.45) is 23.2 Å². The number of carbonyl (C=O) groups excluding carboxylic acids is 12. The highest BCUT2D eigenvalue weighted by molar-refractivity contribution is 6.45. The smallest absolute Gasteiger partial charge is 0.261 e. The molecular formula is C111H104N6O15. The molecule has 0 radical (unpaired) electrons. The molecule has 6 atom stereocenters. The molecule has 0 saturated heterocycles. The first-order valence-electron chi connectivity index (χ1n) is 47.5. The molecule has 21 nitrogen and oxygen atoms in total. The largest absolute Gasteiger partial charge is 0.379 e. The number of rotatable bonds is 34. The van der Waals surface area contributed by atoms with Gasteiger partial charge in [0.15, 0.2) is 0 Å². The summed E-state index contributed by atoms with van der Waals surface area (Å²) in [7, 11) is 0. The molecule has 0 aromatic heterocycles. The number of hydrogen-bond acceptors (Lipinski definition) is 15. The average Bonchev–Trinajstić information content (AvgIpc) is 0.696. The highest BCUT2D eigenvalue weighted by atomic mass is 16.5. The predicted molar refractivity (Wildman–Crippen MR) is 514 cm³/mol. The molecule has 6 aliphatic heterocycles. The summed E-state index contributed by atoms with van der Waals surface area (Å²) in [6, 6.07) is 41.6. The molecule has 0 aliphatic carbocycles. The molecule has 132 heavy (non-hydrogen) atoms. The van der Waals surface area contributed by atoms with Crippen LogP contribution in [-0.2, 0) is 14.2 Å². The van der Waals surface area contributed by atoms with Gasteiger partial charge in [-0.05, 0) is 234 Å². The molecule has 6 unspecified atom stereocenters. The summed E-state index contributed by atoms with van der Waals surface area (Å²) >= 11 is 0. The van der Waals surface area contributed by atoms with Crippen LogP contribution in [0, 0.1) is 23.2 Å². The molecule has 12 amide bonds. The maximum absolute atomic E-state index is 15.3. The minimum Gasteiger partial charge on any atom is -0.379 e. The summed E-state index contributed by atoms with van der Waals surface area (Å²) in [5.41, 5.74) is 3.67. The number of hydrogen-bond donors (Lipinski definition) is 0. The number of nitrogens with zero attached hydrogens (tertiary/aromatic N) is 6. The summed E-state index contributed by atoms with van der Waals surface area (Å²) in [5, 5.41) is 17.1. The van der Waals surface area contributed by atoms with E-state index in [1.165, 1.54) is 29.4 Å². The minimum absolute atomic E-state index is 0.0666. The van der Waals surface area contributed by atoms with Crippen LogP contribution >= 0.6 is 0 Å². The van der Waals surface area contributed by atoms with Crippen molar-refractivity contribution in [2.75, 3.05) is 59.3 Å². The third kappa shape index (κ3) is 12.6. The van der Waals surface area contributed by atoms with Crippen LogP contribution in [-0.4, -0.2) is 178 Å². The van der Waals surface area contributed by atoms with Crippen LogP contribution in [0.1, 0.15) is 277 Å². The molecule has 6 heterocycles. The van der Waals surface area contributed by atoms with Gasteiger partial charge in [-0.15, -0.1) is 0 Å². The molecular weight excluding hydrogens is 1660 g/mol. The monoisotopic (exact) mass is 1760 g/mol. The average molecular weight is 1760 g/mol. The summed E-state index contributed by atoms with van der Waals surface area (Å²) in [4.78, 5) is 187. The minimum atomic E-state index is -1.04. The maximum Gasteiger partial charge on any atom is 0.261 e. The number of unbranched alkanes of at least 4 members (excludes halogenated alkanes) is 3. The Morgan fingerprint density at radius 3 is 0.553 bits per heavy atom. The van der Waals surface area contributed by atoms with Gasteiger partial charge in [0.1, 0.15) is 0 Å². The van der Waals surface area contributed by atoms with Gasteiger partial charge in [0.05, 0.1) is 57.8 Å². The second-order valence-corrected chi connectivity index (χ2v) is 38.2. The predicted octanol–water partition coefficient (Wildman–Crippen LogP) is 22.1. The van der Waals surface area contributed by atoms with E-state index >= 15 is 28.8 Å². The van der Waals surface area contributed by atoms with Crippen molar-refractivity contribution in [1.29, 1.82) is 0 Å². The van der Waals surface area contributed by atoms with Gasteiger partial charge in [-0.1, -0.05) is 179 Å². The van der Waals surface area contributed by atoms with E-state index in [1.54, 1.807) is 93.6 Å². The Kier molecular flexibility index (Phi) is 21.2. The quantitative estimate of drug-likeness (QED) is 0.0206. The highest BCUT2D eigenvalue weighted by Crippen LogP contribution is 2.52. The summed E-state index contributed by atoms with van der Waals surface area (Å²) < 4.78 is 20.3. The third-order valence-corrected chi connectivity index (χ3v) is 30.6. The molecule has 0 saturated carbocycles. The van der Waals surface area contributed by atoms with Crippen LogP contribution < -0.4 is 0 Å². The SMILES string of the molecule is CCCCC(CC)CN1C(=O)c2ccc3c4ccc5c6c(ccc(c7ccc(c2c37)C1=O)c64)C(=O)N(C(C)COCC(CC)(COCC(C)N1C(=O)c2ccc3c4ccc6c7c(ccc(c8ccc(c2c38)C1=O)c74)C(=O)N(CC(CC)CCCC)C6=O)COCC(C)N1C(=O)c2ccc3c4ccc6c7c(ccc(c8ccc(c2c38)C1=O)c74)C(=O)N(CC(CC)CCCC)C6=O)C5=O. The van der Waals surface area contributed by atoms with Crippen LogP contribution in [0.5, 0.6) is 0 Å². The molecule has 21 rings (SSSR count). The van der Waals surface area contributed by atoms with Crippen LogP contribution in [0.2, 0.25) is 0 Å². The van der Waals surface area contributed by atoms with Crippen molar-refractivity contribution in [3.63, 3.8) is 0 Å². The van der Waals surface area contributed by atoms with Crippen molar-refractivity contribution >= 4 is 200 Å². The van der Waals surface area contributed by atoms with Crippen LogP contribution in [0.15, 0.2) is 146 Å². The maximum atomic E-state index is 15.3. The molecule has 668 valence electrons. The molecule has 15 aromatic rings. The van der Waals surface area contributed by atoms with Gasteiger partial charge in [0, 0.05) is 124 Å². The molecule has 21 heteroatoms. The van der Waals surface area contributed by atoms with E-state index in [4.69, 9.17) is 14.2 Å². The van der Waals surface area contributed by atoms with Crippen molar-refractivity contribution in [2.45, 2.75) is 171 Å². The van der Waals surface area contributed by atoms with Crippen molar-refractivity contribution in [1.82, 2.24) is 29.4 Å².